The Kier molecular flexibility index (Phi) is 4.34. The number of nitrogens with zero attached hydrogens (tertiary/aromatic N) is 2. The fourth-order valence-electron chi connectivity index (χ4n) is 3.08. The minimum atomic E-state index is 0.520. The first-order valence-corrected chi connectivity index (χ1v) is 8.05. The van der Waals surface area contributed by atoms with Crippen LogP contribution in [-0.2, 0) is 6.54 Å². The Balaban J connectivity index is 1.92. The quantitative estimate of drug-likeness (QED) is 0.936. The Morgan fingerprint density at radius 1 is 1.30 bits per heavy atom. The Morgan fingerprint density at radius 3 is 3.05 bits per heavy atom. The summed E-state index contributed by atoms with van der Waals surface area (Å²) in [6.07, 6.45) is 5.67. The van der Waals surface area contributed by atoms with Crippen LogP contribution < -0.4 is 5.73 Å². The largest absolute Gasteiger partial charge is 0.329 e. The predicted molar refractivity (Wildman–Crippen MR) is 86.5 cm³/mol. The summed E-state index contributed by atoms with van der Waals surface area (Å²) >= 11 is 3.61. The average molecular weight is 334 g/mol. The van der Waals surface area contributed by atoms with Crippen molar-refractivity contribution >= 4 is 26.8 Å². The number of hydrogen-bond donors (Lipinski definition) is 1. The highest BCUT2D eigenvalue weighted by Gasteiger charge is 2.21. The SMILES string of the molecule is NCC1CCCCN1Cc1ccc(Br)c2cccnc12. The molecule has 0 aliphatic carbocycles. The number of halogens is 1. The smallest absolute Gasteiger partial charge is 0.0758 e. The zero-order valence-corrected chi connectivity index (χ0v) is 13.1. The number of hydrogen-bond acceptors (Lipinski definition) is 3. The van der Waals surface area contributed by atoms with E-state index in [9.17, 15) is 0 Å². The lowest BCUT2D eigenvalue weighted by Crippen LogP contribution is -2.43. The molecule has 1 unspecified atom stereocenters. The zero-order chi connectivity index (χ0) is 13.9. The van der Waals surface area contributed by atoms with Gasteiger partial charge in [-0.25, -0.2) is 0 Å². The number of rotatable bonds is 3. The van der Waals surface area contributed by atoms with Crippen molar-refractivity contribution in [2.75, 3.05) is 13.1 Å². The predicted octanol–water partition coefficient (Wildman–Crippen LogP) is 3.31. The Hall–Kier alpha value is -0.970. The molecule has 1 aromatic carbocycles. The van der Waals surface area contributed by atoms with E-state index < -0.39 is 0 Å². The molecule has 2 aromatic rings. The molecule has 3 rings (SSSR count). The van der Waals surface area contributed by atoms with Crippen molar-refractivity contribution in [2.45, 2.75) is 31.8 Å². The summed E-state index contributed by atoms with van der Waals surface area (Å²) in [5.41, 5.74) is 8.31. The van der Waals surface area contributed by atoms with E-state index in [-0.39, 0.29) is 0 Å². The van der Waals surface area contributed by atoms with Crippen LogP contribution in [0.15, 0.2) is 34.9 Å². The minimum Gasteiger partial charge on any atom is -0.329 e. The average Bonchev–Trinajstić information content (AvgIpc) is 2.51. The molecular weight excluding hydrogens is 314 g/mol. The molecule has 2 N–H and O–H groups in total. The van der Waals surface area contributed by atoms with Crippen molar-refractivity contribution in [3.05, 3.63) is 40.5 Å². The second kappa shape index (κ2) is 6.20. The van der Waals surface area contributed by atoms with Gasteiger partial charge in [0.1, 0.15) is 0 Å². The monoisotopic (exact) mass is 333 g/mol. The van der Waals surface area contributed by atoms with E-state index in [1.165, 1.54) is 30.2 Å². The maximum absolute atomic E-state index is 5.92. The van der Waals surface area contributed by atoms with Gasteiger partial charge in [0.15, 0.2) is 0 Å². The van der Waals surface area contributed by atoms with Crippen LogP contribution in [0.25, 0.3) is 10.9 Å². The molecule has 0 radical (unpaired) electrons. The van der Waals surface area contributed by atoms with Gasteiger partial charge >= 0.3 is 0 Å². The summed E-state index contributed by atoms with van der Waals surface area (Å²) in [7, 11) is 0. The lowest BCUT2D eigenvalue weighted by atomic mass is 10.0. The van der Waals surface area contributed by atoms with Gasteiger partial charge in [0.05, 0.1) is 5.52 Å². The van der Waals surface area contributed by atoms with Crippen molar-refractivity contribution in [1.29, 1.82) is 0 Å². The van der Waals surface area contributed by atoms with Crippen molar-refractivity contribution in [3.63, 3.8) is 0 Å². The Labute approximate surface area is 128 Å². The van der Waals surface area contributed by atoms with Gasteiger partial charge in [-0.1, -0.05) is 34.5 Å². The Morgan fingerprint density at radius 2 is 2.20 bits per heavy atom. The van der Waals surface area contributed by atoms with Crippen LogP contribution in [0.3, 0.4) is 0 Å². The summed E-state index contributed by atoms with van der Waals surface area (Å²) in [4.78, 5) is 7.09. The number of likely N-dealkylation sites (tertiary alicyclic amines) is 1. The van der Waals surface area contributed by atoms with Gasteiger partial charge in [0.2, 0.25) is 0 Å². The molecule has 1 aromatic heterocycles. The molecule has 1 fully saturated rings. The first kappa shape index (κ1) is 14.0. The van der Waals surface area contributed by atoms with Gasteiger partial charge in [0, 0.05) is 35.2 Å². The fourth-order valence-corrected chi connectivity index (χ4v) is 3.53. The molecule has 1 aliphatic rings. The van der Waals surface area contributed by atoms with E-state index in [2.05, 4.69) is 44.0 Å². The topological polar surface area (TPSA) is 42.1 Å². The van der Waals surface area contributed by atoms with Crippen LogP contribution in [0.4, 0.5) is 0 Å². The summed E-state index contributed by atoms with van der Waals surface area (Å²) < 4.78 is 1.11. The molecule has 0 saturated carbocycles. The molecule has 20 heavy (non-hydrogen) atoms. The lowest BCUT2D eigenvalue weighted by molar-refractivity contribution is 0.145. The number of fused-ring (bicyclic) bond motifs is 1. The molecule has 2 heterocycles. The van der Waals surface area contributed by atoms with Gasteiger partial charge in [-0.3, -0.25) is 9.88 Å². The molecule has 3 nitrogen and oxygen atoms in total. The Bertz CT molecular complexity index is 599. The first-order valence-electron chi connectivity index (χ1n) is 7.26. The van der Waals surface area contributed by atoms with Gasteiger partial charge in [-0.2, -0.15) is 0 Å². The van der Waals surface area contributed by atoms with E-state index >= 15 is 0 Å². The summed E-state index contributed by atoms with van der Waals surface area (Å²) in [6, 6.07) is 8.93. The fraction of sp³-hybridized carbons (Fsp3) is 0.438. The lowest BCUT2D eigenvalue weighted by Gasteiger charge is -2.35. The third-order valence-corrected chi connectivity index (χ3v) is 4.89. The van der Waals surface area contributed by atoms with Crippen LogP contribution in [0, 0.1) is 0 Å². The molecular formula is C16H20BrN3. The standard InChI is InChI=1S/C16H20BrN3/c17-15-7-6-12(16-14(15)5-3-8-19-16)11-20-9-2-1-4-13(20)10-18/h3,5-8,13H,1-2,4,9-11,18H2. The van der Waals surface area contributed by atoms with Crippen molar-refractivity contribution in [3.8, 4) is 0 Å². The van der Waals surface area contributed by atoms with E-state index in [0.29, 0.717) is 6.04 Å². The molecule has 1 atom stereocenters. The molecule has 1 saturated heterocycles. The van der Waals surface area contributed by atoms with Gasteiger partial charge < -0.3 is 5.73 Å². The number of aromatic nitrogens is 1. The third kappa shape index (κ3) is 2.73. The maximum Gasteiger partial charge on any atom is 0.0758 e. The van der Waals surface area contributed by atoms with Crippen molar-refractivity contribution < 1.29 is 0 Å². The minimum absolute atomic E-state index is 0.520. The zero-order valence-electron chi connectivity index (χ0n) is 11.6. The van der Waals surface area contributed by atoms with Crippen LogP contribution in [0.5, 0.6) is 0 Å². The van der Waals surface area contributed by atoms with Crippen LogP contribution in [0.2, 0.25) is 0 Å². The summed E-state index contributed by atoms with van der Waals surface area (Å²) in [5.74, 6) is 0. The van der Waals surface area contributed by atoms with Gasteiger partial charge in [-0.15, -0.1) is 0 Å². The third-order valence-electron chi connectivity index (χ3n) is 4.19. The second-order valence-electron chi connectivity index (χ2n) is 5.46. The van der Waals surface area contributed by atoms with Crippen molar-refractivity contribution in [2.24, 2.45) is 5.73 Å². The summed E-state index contributed by atoms with van der Waals surface area (Å²) in [5, 5.41) is 1.19. The van der Waals surface area contributed by atoms with Gasteiger partial charge in [0.25, 0.3) is 0 Å². The number of benzene rings is 1. The summed E-state index contributed by atoms with van der Waals surface area (Å²) in [6.45, 7) is 2.84. The van der Waals surface area contributed by atoms with E-state index in [0.717, 1.165) is 29.6 Å². The molecule has 0 bridgehead atoms. The maximum atomic E-state index is 5.92. The highest BCUT2D eigenvalue weighted by atomic mass is 79.9. The number of pyridine rings is 1. The van der Waals surface area contributed by atoms with Crippen molar-refractivity contribution in [1.82, 2.24) is 9.88 Å². The molecule has 1 aliphatic heterocycles. The second-order valence-corrected chi connectivity index (χ2v) is 6.32. The molecule has 0 amide bonds. The molecule has 106 valence electrons. The highest BCUT2D eigenvalue weighted by molar-refractivity contribution is 9.10. The van der Waals surface area contributed by atoms with E-state index in [1.807, 2.05) is 12.3 Å². The van der Waals surface area contributed by atoms with E-state index in [4.69, 9.17) is 5.73 Å². The first-order chi connectivity index (χ1) is 9.79. The van der Waals surface area contributed by atoms with Crippen LogP contribution in [-0.4, -0.2) is 29.0 Å². The molecule has 4 heteroatoms. The van der Waals surface area contributed by atoms with Crippen LogP contribution in [0.1, 0.15) is 24.8 Å². The highest BCUT2D eigenvalue weighted by Crippen LogP contribution is 2.27. The van der Waals surface area contributed by atoms with E-state index in [1.54, 1.807) is 0 Å². The van der Waals surface area contributed by atoms with Gasteiger partial charge in [-0.05, 0) is 37.1 Å². The normalized spacial score (nSPS) is 20.4. The molecule has 0 spiro atoms. The number of piperidine rings is 1. The van der Waals surface area contributed by atoms with Crippen LogP contribution >= 0.6 is 15.9 Å². The number of nitrogens with two attached hydrogens (primary N) is 1.